The molecule has 0 spiro atoms. The van der Waals surface area contributed by atoms with Crippen LogP contribution in [0.15, 0.2) is 12.1 Å². The van der Waals surface area contributed by atoms with Gasteiger partial charge in [0, 0.05) is 13.7 Å². The monoisotopic (exact) mass is 243 g/mol. The first-order chi connectivity index (χ1) is 7.60. The van der Waals surface area contributed by atoms with E-state index in [1.807, 2.05) is 13.0 Å². The van der Waals surface area contributed by atoms with Gasteiger partial charge in [-0.1, -0.05) is 11.6 Å². The van der Waals surface area contributed by atoms with E-state index in [9.17, 15) is 0 Å². The van der Waals surface area contributed by atoms with Crippen molar-refractivity contribution in [3.05, 3.63) is 22.7 Å². The largest absolute Gasteiger partial charge is 0.454 e. The zero-order chi connectivity index (χ0) is 11.8. The molecule has 1 aliphatic rings. The molecule has 5 heteroatoms. The second-order valence-electron chi connectivity index (χ2n) is 3.83. The van der Waals surface area contributed by atoms with E-state index in [2.05, 4.69) is 0 Å². The Balaban J connectivity index is 2.47. The number of benzene rings is 1. The third kappa shape index (κ3) is 1.73. The van der Waals surface area contributed by atoms with Gasteiger partial charge in [0.15, 0.2) is 11.5 Å². The van der Waals surface area contributed by atoms with E-state index in [1.165, 1.54) is 0 Å². The van der Waals surface area contributed by atoms with Crippen LogP contribution in [0, 0.1) is 0 Å². The molecule has 2 rings (SSSR count). The first kappa shape index (κ1) is 11.5. The third-order valence-corrected chi connectivity index (χ3v) is 3.16. The van der Waals surface area contributed by atoms with Crippen LogP contribution >= 0.6 is 11.6 Å². The Hall–Kier alpha value is -0.970. The summed E-state index contributed by atoms with van der Waals surface area (Å²) in [6.07, 6.45) is 0. The summed E-state index contributed by atoms with van der Waals surface area (Å²) in [5.74, 6) is 1.22. The van der Waals surface area contributed by atoms with Crippen molar-refractivity contribution in [2.24, 2.45) is 5.73 Å². The number of halogens is 1. The van der Waals surface area contributed by atoms with Gasteiger partial charge in [-0.15, -0.1) is 0 Å². The minimum absolute atomic E-state index is 0.199. The molecule has 1 aliphatic heterocycles. The highest BCUT2D eigenvalue weighted by Crippen LogP contribution is 2.42. The van der Waals surface area contributed by atoms with E-state index in [0.717, 1.165) is 5.56 Å². The molecule has 0 aliphatic carbocycles. The summed E-state index contributed by atoms with van der Waals surface area (Å²) in [6, 6.07) is 3.65. The maximum atomic E-state index is 6.09. The van der Waals surface area contributed by atoms with Gasteiger partial charge in [-0.25, -0.2) is 0 Å². The van der Waals surface area contributed by atoms with Crippen molar-refractivity contribution >= 4 is 11.6 Å². The maximum absolute atomic E-state index is 6.09. The molecule has 4 nitrogen and oxygen atoms in total. The Morgan fingerprint density at radius 1 is 1.50 bits per heavy atom. The molecule has 0 amide bonds. The van der Waals surface area contributed by atoms with E-state index >= 15 is 0 Å². The number of nitrogens with two attached hydrogens (primary N) is 1. The summed E-state index contributed by atoms with van der Waals surface area (Å²) in [7, 11) is 1.62. The van der Waals surface area contributed by atoms with Crippen LogP contribution in [-0.4, -0.2) is 20.4 Å². The number of methoxy groups -OCH3 is 1. The highest BCUT2D eigenvalue weighted by Gasteiger charge is 2.28. The second-order valence-corrected chi connectivity index (χ2v) is 4.24. The summed E-state index contributed by atoms with van der Waals surface area (Å²) < 4.78 is 15.9. The number of rotatable bonds is 3. The molecule has 1 aromatic carbocycles. The SMILES string of the molecule is COC(C)(CN)c1cc(Cl)c2c(c1)OCO2. The molecule has 0 radical (unpaired) electrons. The Kier molecular flexibility index (Phi) is 2.97. The van der Waals surface area contributed by atoms with Gasteiger partial charge in [-0.3, -0.25) is 0 Å². The van der Waals surface area contributed by atoms with Gasteiger partial charge >= 0.3 is 0 Å². The van der Waals surface area contributed by atoms with E-state index < -0.39 is 5.60 Å². The van der Waals surface area contributed by atoms with Crippen LogP contribution in [0.4, 0.5) is 0 Å². The lowest BCUT2D eigenvalue weighted by atomic mass is 9.95. The van der Waals surface area contributed by atoms with Gasteiger partial charge in [0.25, 0.3) is 0 Å². The molecule has 1 heterocycles. The quantitative estimate of drug-likeness (QED) is 0.881. The van der Waals surface area contributed by atoms with Gasteiger partial charge in [-0.2, -0.15) is 0 Å². The smallest absolute Gasteiger partial charge is 0.231 e. The molecule has 2 N–H and O–H groups in total. The fraction of sp³-hybridized carbons (Fsp3) is 0.455. The lowest BCUT2D eigenvalue weighted by Crippen LogP contribution is -2.33. The Morgan fingerprint density at radius 2 is 2.25 bits per heavy atom. The molecule has 1 atom stereocenters. The van der Waals surface area contributed by atoms with Crippen molar-refractivity contribution in [2.45, 2.75) is 12.5 Å². The molecule has 16 heavy (non-hydrogen) atoms. The van der Waals surface area contributed by atoms with E-state index in [-0.39, 0.29) is 6.79 Å². The Morgan fingerprint density at radius 3 is 2.88 bits per heavy atom. The molecular weight excluding hydrogens is 230 g/mol. The minimum Gasteiger partial charge on any atom is -0.454 e. The van der Waals surface area contributed by atoms with Crippen LogP contribution in [0.2, 0.25) is 5.02 Å². The lowest BCUT2D eigenvalue weighted by molar-refractivity contribution is 0.00995. The molecule has 0 bridgehead atoms. The van der Waals surface area contributed by atoms with Crippen molar-refractivity contribution in [1.29, 1.82) is 0 Å². The van der Waals surface area contributed by atoms with Crippen LogP contribution in [0.3, 0.4) is 0 Å². The van der Waals surface area contributed by atoms with Crippen LogP contribution in [0.1, 0.15) is 12.5 Å². The lowest BCUT2D eigenvalue weighted by Gasteiger charge is -2.27. The number of fused-ring (bicyclic) bond motifs is 1. The molecular formula is C11H14ClNO3. The first-order valence-corrected chi connectivity index (χ1v) is 5.33. The maximum Gasteiger partial charge on any atom is 0.231 e. The second kappa shape index (κ2) is 4.13. The fourth-order valence-electron chi connectivity index (χ4n) is 1.59. The average molecular weight is 244 g/mol. The molecule has 0 saturated carbocycles. The predicted octanol–water partition coefficient (Wildman–Crippen LogP) is 1.89. The summed E-state index contributed by atoms with van der Waals surface area (Å²) in [6.45, 7) is 2.46. The van der Waals surface area contributed by atoms with Crippen LogP contribution in [-0.2, 0) is 10.3 Å². The standard InChI is InChI=1S/C11H14ClNO3/c1-11(5-13,14-2)7-3-8(12)10-9(4-7)15-6-16-10/h3-4H,5-6,13H2,1-2H3. The Bertz CT molecular complexity index is 404. The molecule has 0 saturated heterocycles. The summed E-state index contributed by atoms with van der Waals surface area (Å²) in [5.41, 5.74) is 6.02. The highest BCUT2D eigenvalue weighted by molar-refractivity contribution is 6.32. The highest BCUT2D eigenvalue weighted by atomic mass is 35.5. The molecule has 0 fully saturated rings. The zero-order valence-corrected chi connectivity index (χ0v) is 10.0. The topological polar surface area (TPSA) is 53.7 Å². The van der Waals surface area contributed by atoms with Crippen molar-refractivity contribution in [3.8, 4) is 11.5 Å². The fourth-order valence-corrected chi connectivity index (χ4v) is 1.86. The molecule has 88 valence electrons. The Labute approximate surface area is 99.2 Å². The van der Waals surface area contributed by atoms with Crippen molar-refractivity contribution in [3.63, 3.8) is 0 Å². The number of hydrogen-bond acceptors (Lipinski definition) is 4. The van der Waals surface area contributed by atoms with Gasteiger partial charge in [0.2, 0.25) is 6.79 Å². The predicted molar refractivity (Wildman–Crippen MR) is 61.0 cm³/mol. The minimum atomic E-state index is -0.565. The molecule has 0 aromatic heterocycles. The van der Waals surface area contributed by atoms with Crippen LogP contribution in [0.25, 0.3) is 0 Å². The van der Waals surface area contributed by atoms with Crippen LogP contribution < -0.4 is 15.2 Å². The van der Waals surface area contributed by atoms with E-state index in [4.69, 9.17) is 31.5 Å². The summed E-state index contributed by atoms with van der Waals surface area (Å²) in [4.78, 5) is 0. The van der Waals surface area contributed by atoms with Crippen molar-refractivity contribution in [2.75, 3.05) is 20.4 Å². The van der Waals surface area contributed by atoms with Gasteiger partial charge in [-0.05, 0) is 24.6 Å². The van der Waals surface area contributed by atoms with Gasteiger partial charge in [0.05, 0.1) is 5.02 Å². The average Bonchev–Trinajstić information content (AvgIpc) is 2.76. The third-order valence-electron chi connectivity index (χ3n) is 2.88. The first-order valence-electron chi connectivity index (χ1n) is 4.95. The van der Waals surface area contributed by atoms with E-state index in [1.54, 1.807) is 13.2 Å². The molecule has 1 aromatic rings. The molecule has 1 unspecified atom stereocenters. The van der Waals surface area contributed by atoms with Gasteiger partial charge < -0.3 is 19.9 Å². The van der Waals surface area contributed by atoms with E-state index in [0.29, 0.717) is 23.1 Å². The van der Waals surface area contributed by atoms with Gasteiger partial charge in [0.1, 0.15) is 5.60 Å². The van der Waals surface area contributed by atoms with Crippen molar-refractivity contribution in [1.82, 2.24) is 0 Å². The number of ether oxygens (including phenoxy) is 3. The normalized spacial score (nSPS) is 17.2. The van der Waals surface area contributed by atoms with Crippen LogP contribution in [0.5, 0.6) is 11.5 Å². The van der Waals surface area contributed by atoms with Crippen molar-refractivity contribution < 1.29 is 14.2 Å². The number of hydrogen-bond donors (Lipinski definition) is 1. The summed E-state index contributed by atoms with van der Waals surface area (Å²) >= 11 is 6.09. The summed E-state index contributed by atoms with van der Waals surface area (Å²) in [5, 5.41) is 0.515. The zero-order valence-electron chi connectivity index (χ0n) is 9.25.